The summed E-state index contributed by atoms with van der Waals surface area (Å²) in [4.78, 5) is 0. The van der Waals surface area contributed by atoms with Gasteiger partial charge < -0.3 is 0 Å². The molecule has 2 aromatic rings. The molecule has 78 valence electrons. The van der Waals surface area contributed by atoms with Crippen molar-refractivity contribution in [3.05, 3.63) is 59.0 Å². The normalized spacial score (nSPS) is 10.9. The smallest absolute Gasteiger partial charge is 0.00363 e. The molecule has 0 atom stereocenters. The van der Waals surface area contributed by atoms with E-state index in [-0.39, 0.29) is 0 Å². The third-order valence-corrected chi connectivity index (χ3v) is 2.49. The van der Waals surface area contributed by atoms with E-state index in [4.69, 9.17) is 0 Å². The van der Waals surface area contributed by atoms with E-state index in [0.717, 1.165) is 0 Å². The van der Waals surface area contributed by atoms with Crippen LogP contribution in [0.1, 0.15) is 25.0 Å². The third kappa shape index (κ3) is 1.85. The van der Waals surface area contributed by atoms with Crippen LogP contribution in [0.2, 0.25) is 0 Å². The second-order valence-electron chi connectivity index (χ2n) is 3.41. The molecule has 0 N–H and O–H groups in total. The molecule has 0 aliphatic heterocycles. The summed E-state index contributed by atoms with van der Waals surface area (Å²) in [5.74, 6) is 0. The van der Waals surface area contributed by atoms with Crippen LogP contribution in [0, 0.1) is 0 Å². The molecule has 3 rings (SSSR count). The van der Waals surface area contributed by atoms with Crippen molar-refractivity contribution in [3.8, 4) is 0 Å². The molecule has 1 aliphatic carbocycles. The summed E-state index contributed by atoms with van der Waals surface area (Å²) in [5, 5.41) is 2.55. The molecule has 0 fully saturated rings. The van der Waals surface area contributed by atoms with E-state index < -0.39 is 0 Å². The van der Waals surface area contributed by atoms with Crippen LogP contribution in [-0.4, -0.2) is 0 Å². The first-order chi connectivity index (χ1) is 7.93. The minimum Gasteiger partial charge on any atom is -0.0696 e. The Hall–Kier alpha value is -2.00. The Balaban J connectivity index is 0.000000457. The summed E-state index contributed by atoms with van der Waals surface area (Å²) in [6, 6.07) is 12.8. The zero-order valence-corrected chi connectivity index (χ0v) is 9.62. The molecular weight excluding hydrogens is 192 g/mol. The Morgan fingerprint density at radius 3 is 1.62 bits per heavy atom. The highest BCUT2D eigenvalue weighted by Gasteiger charge is 2.00. The van der Waals surface area contributed by atoms with Gasteiger partial charge in [0.15, 0.2) is 0 Å². The number of benzene rings is 2. The molecule has 1 aliphatic rings. The highest BCUT2D eigenvalue weighted by molar-refractivity contribution is 5.88. The average molecular weight is 206 g/mol. The van der Waals surface area contributed by atoms with Crippen molar-refractivity contribution in [1.82, 2.24) is 0 Å². The lowest BCUT2D eigenvalue weighted by Crippen LogP contribution is -1.83. The predicted molar refractivity (Wildman–Crippen MR) is 71.3 cm³/mol. The van der Waals surface area contributed by atoms with Crippen molar-refractivity contribution in [2.45, 2.75) is 13.8 Å². The molecule has 0 heterocycles. The fourth-order valence-electron chi connectivity index (χ4n) is 1.76. The van der Waals surface area contributed by atoms with Gasteiger partial charge in [-0.25, -0.2) is 0 Å². The first-order valence-electron chi connectivity index (χ1n) is 5.64. The molecule has 2 aromatic carbocycles. The van der Waals surface area contributed by atoms with Gasteiger partial charge in [-0.2, -0.15) is 0 Å². The largest absolute Gasteiger partial charge is 0.0696 e. The van der Waals surface area contributed by atoms with Crippen molar-refractivity contribution >= 4 is 22.9 Å². The molecule has 0 bridgehead atoms. The molecule has 0 saturated heterocycles. The minimum absolute atomic E-state index is 1.22. The van der Waals surface area contributed by atoms with Gasteiger partial charge in [-0.05, 0) is 46.2 Å². The molecule has 0 aromatic heterocycles. The molecule has 0 amide bonds. The SMILES string of the molecule is C1=C=Cc2cc3ccccc3cc2C=1.CC. The quantitative estimate of drug-likeness (QED) is 0.469. The van der Waals surface area contributed by atoms with Gasteiger partial charge in [0.2, 0.25) is 0 Å². The number of rotatable bonds is 0. The van der Waals surface area contributed by atoms with E-state index in [2.05, 4.69) is 47.9 Å². The van der Waals surface area contributed by atoms with Crippen molar-refractivity contribution in [2.75, 3.05) is 0 Å². The van der Waals surface area contributed by atoms with Crippen LogP contribution in [0.3, 0.4) is 0 Å². The van der Waals surface area contributed by atoms with Gasteiger partial charge in [-0.3, -0.25) is 0 Å². The zero-order chi connectivity index (χ0) is 11.4. The van der Waals surface area contributed by atoms with E-state index in [1.54, 1.807) is 0 Å². The van der Waals surface area contributed by atoms with Crippen LogP contribution < -0.4 is 0 Å². The third-order valence-electron chi connectivity index (χ3n) is 2.49. The van der Waals surface area contributed by atoms with Crippen LogP contribution in [0.4, 0.5) is 0 Å². The van der Waals surface area contributed by atoms with Gasteiger partial charge in [0, 0.05) is 0 Å². The van der Waals surface area contributed by atoms with Gasteiger partial charge in [0.25, 0.3) is 0 Å². The summed E-state index contributed by atoms with van der Waals surface area (Å²) in [5.41, 5.74) is 8.40. The second-order valence-corrected chi connectivity index (χ2v) is 3.41. The second kappa shape index (κ2) is 4.68. The van der Waals surface area contributed by atoms with Crippen molar-refractivity contribution < 1.29 is 0 Å². The number of fused-ring (bicyclic) bond motifs is 2. The van der Waals surface area contributed by atoms with Gasteiger partial charge >= 0.3 is 0 Å². The zero-order valence-electron chi connectivity index (χ0n) is 9.62. The Kier molecular flexibility index (Phi) is 3.08. The topological polar surface area (TPSA) is 0 Å². The Bertz CT molecular complexity index is 550. The van der Waals surface area contributed by atoms with Gasteiger partial charge in [-0.15, -0.1) is 0 Å². The van der Waals surface area contributed by atoms with Crippen LogP contribution in [0.5, 0.6) is 0 Å². The number of hydrogen-bond donors (Lipinski definition) is 0. The molecular formula is C16H14. The first-order valence-corrected chi connectivity index (χ1v) is 5.64. The van der Waals surface area contributed by atoms with E-state index >= 15 is 0 Å². The predicted octanol–water partition coefficient (Wildman–Crippen LogP) is 4.66. The van der Waals surface area contributed by atoms with E-state index in [0.29, 0.717) is 0 Å². The minimum atomic E-state index is 1.22. The van der Waals surface area contributed by atoms with Gasteiger partial charge in [-0.1, -0.05) is 49.6 Å². The lowest BCUT2D eigenvalue weighted by atomic mass is 9.99. The Morgan fingerprint density at radius 1 is 0.750 bits per heavy atom. The molecule has 0 unspecified atom stereocenters. The Morgan fingerprint density at radius 2 is 1.19 bits per heavy atom. The molecule has 0 heteroatoms. The average Bonchev–Trinajstić information content (AvgIpc) is 2.38. The highest BCUT2D eigenvalue weighted by atomic mass is 14.0. The fraction of sp³-hybridized carbons (Fsp3) is 0.125. The molecule has 0 nitrogen and oxygen atoms in total. The van der Waals surface area contributed by atoms with Crippen LogP contribution in [0.15, 0.2) is 47.9 Å². The maximum Gasteiger partial charge on any atom is -0.00363 e. The molecule has 0 saturated carbocycles. The fourth-order valence-corrected chi connectivity index (χ4v) is 1.76. The summed E-state index contributed by atoms with van der Waals surface area (Å²) in [6.45, 7) is 4.00. The van der Waals surface area contributed by atoms with Crippen LogP contribution in [-0.2, 0) is 0 Å². The van der Waals surface area contributed by atoms with Gasteiger partial charge in [0.1, 0.15) is 0 Å². The first kappa shape index (κ1) is 10.5. The maximum atomic E-state index is 2.98. The van der Waals surface area contributed by atoms with Crippen LogP contribution in [0.25, 0.3) is 22.9 Å². The number of hydrogen-bond acceptors (Lipinski definition) is 0. The van der Waals surface area contributed by atoms with E-state index in [9.17, 15) is 0 Å². The summed E-state index contributed by atoms with van der Waals surface area (Å²) >= 11 is 0. The van der Waals surface area contributed by atoms with Crippen LogP contribution >= 0.6 is 0 Å². The van der Waals surface area contributed by atoms with E-state index in [1.165, 1.54) is 21.9 Å². The standard InChI is InChI=1S/C14H8.C2H6/c1-2-6-12-10-14-8-4-3-7-13(14)9-11(12)5-1;1-2/h1-2,5-10H;1-2H3. The summed E-state index contributed by atoms with van der Waals surface area (Å²) in [7, 11) is 0. The maximum absolute atomic E-state index is 2.98. The molecule has 0 radical (unpaired) electrons. The molecule has 16 heavy (non-hydrogen) atoms. The van der Waals surface area contributed by atoms with Crippen molar-refractivity contribution in [3.63, 3.8) is 0 Å². The van der Waals surface area contributed by atoms with Gasteiger partial charge in [0.05, 0.1) is 0 Å². The summed E-state index contributed by atoms with van der Waals surface area (Å²) < 4.78 is 0. The monoisotopic (exact) mass is 206 g/mol. The lowest BCUT2D eigenvalue weighted by Gasteiger charge is -2.04. The highest BCUT2D eigenvalue weighted by Crippen LogP contribution is 2.22. The van der Waals surface area contributed by atoms with Crippen molar-refractivity contribution in [1.29, 1.82) is 0 Å². The Labute approximate surface area is 96.2 Å². The lowest BCUT2D eigenvalue weighted by molar-refractivity contribution is 1.50. The summed E-state index contributed by atoms with van der Waals surface area (Å²) in [6.07, 6.45) is 3.95. The van der Waals surface area contributed by atoms with Crippen molar-refractivity contribution in [2.24, 2.45) is 0 Å². The van der Waals surface area contributed by atoms with E-state index in [1.807, 2.05) is 26.0 Å². The molecule has 0 spiro atoms.